The first kappa shape index (κ1) is 45.5. The number of carbonyl (C=O) groups is 3. The Hall–Kier alpha value is -0.647. The molecule has 2 aromatic carbocycles. The minimum Gasteiger partial charge on any atom is -1.00 e. The summed E-state index contributed by atoms with van der Waals surface area (Å²) >= 11 is 6.69. The first-order chi connectivity index (χ1) is 20.0. The third-order valence-electron chi connectivity index (χ3n) is 4.81. The van der Waals surface area contributed by atoms with Gasteiger partial charge in [0.1, 0.15) is 6.29 Å². The van der Waals surface area contributed by atoms with Crippen molar-refractivity contribution in [1.82, 2.24) is 9.97 Å². The van der Waals surface area contributed by atoms with Crippen LogP contribution in [-0.2, 0) is 28.1 Å². The van der Waals surface area contributed by atoms with Crippen molar-refractivity contribution in [3.63, 3.8) is 0 Å². The van der Waals surface area contributed by atoms with Crippen LogP contribution >= 0.6 is 39.5 Å². The number of halogens is 2. The Balaban J connectivity index is -0.000000538. The molecule has 4 aromatic rings. The Morgan fingerprint density at radius 1 is 1.00 bits per heavy atom. The van der Waals surface area contributed by atoms with Gasteiger partial charge in [0, 0.05) is 64.4 Å². The number of pyridine rings is 2. The molecule has 0 unspecified atom stereocenters. The van der Waals surface area contributed by atoms with E-state index in [4.69, 9.17) is 22.0 Å². The number of ketones is 1. The number of hydrogen-bond donors (Lipinski definition) is 0. The van der Waals surface area contributed by atoms with Gasteiger partial charge in [-0.25, -0.2) is 4.57 Å². The number of fused-ring (bicyclic) bond motifs is 2. The van der Waals surface area contributed by atoms with Gasteiger partial charge < -0.3 is 26.2 Å². The minimum atomic E-state index is -3.70. The SMILES string of the molecule is C#Cc1ccc2ncc(Br)cc2c1.COP(=O)(OC)C(=[N+]=[N-])C(C)=O.O=CO[O-].O=Cc1ccc2ncc(Br)cc2c1.[H-].[K+].[K+]. The molecular formula is C27H23Br2K2N4O8P. The van der Waals surface area contributed by atoms with Gasteiger partial charge in [0.05, 0.1) is 11.0 Å². The van der Waals surface area contributed by atoms with E-state index in [-0.39, 0.29) is 111 Å². The fourth-order valence-corrected chi connectivity index (χ4v) is 4.64. The number of Topliss-reactive ketones (excluding diaryl/α,β-unsaturated/α-hetero) is 1. The molecule has 0 bridgehead atoms. The van der Waals surface area contributed by atoms with E-state index in [1.54, 1.807) is 18.5 Å². The Labute approximate surface area is 356 Å². The molecule has 44 heavy (non-hydrogen) atoms. The maximum Gasteiger partial charge on any atom is 1.00 e. The van der Waals surface area contributed by atoms with Gasteiger partial charge in [-0.15, -0.1) is 6.42 Å². The van der Waals surface area contributed by atoms with E-state index in [0.717, 1.165) is 63.7 Å². The molecule has 0 aliphatic carbocycles. The summed E-state index contributed by atoms with van der Waals surface area (Å²) in [6.07, 6.45) is 9.65. The maximum absolute atomic E-state index is 11.4. The van der Waals surface area contributed by atoms with Crippen LogP contribution in [0.4, 0.5) is 0 Å². The van der Waals surface area contributed by atoms with Gasteiger partial charge in [-0.1, -0.05) is 5.92 Å². The second-order valence-electron chi connectivity index (χ2n) is 7.46. The molecule has 0 N–H and O–H groups in total. The van der Waals surface area contributed by atoms with Crippen molar-refractivity contribution in [2.24, 2.45) is 0 Å². The molecule has 2 heterocycles. The van der Waals surface area contributed by atoms with Gasteiger partial charge in [-0.3, -0.25) is 24.4 Å². The summed E-state index contributed by atoms with van der Waals surface area (Å²) in [6.45, 7) is 0.916. The van der Waals surface area contributed by atoms with E-state index < -0.39 is 18.8 Å². The number of hydrogen-bond acceptors (Lipinski definition) is 10. The normalized spacial score (nSPS) is 9.30. The van der Waals surface area contributed by atoms with Gasteiger partial charge in [-0.05, 0) is 80.4 Å². The van der Waals surface area contributed by atoms with Crippen LogP contribution in [0.3, 0.4) is 0 Å². The summed E-state index contributed by atoms with van der Waals surface area (Å²) in [4.78, 5) is 43.5. The van der Waals surface area contributed by atoms with Crippen LogP contribution in [0.25, 0.3) is 27.3 Å². The number of nitrogens with zero attached hydrogens (tertiary/aromatic N) is 4. The molecule has 12 nitrogen and oxygen atoms in total. The van der Waals surface area contributed by atoms with Crippen LogP contribution in [0, 0.1) is 12.3 Å². The number of aromatic nitrogens is 2. The molecular weight excluding hydrogens is 777 g/mol. The number of carbonyl (C=O) groups excluding carboxylic acids is 3. The van der Waals surface area contributed by atoms with E-state index in [1.807, 2.05) is 42.5 Å². The third kappa shape index (κ3) is 15.3. The van der Waals surface area contributed by atoms with E-state index >= 15 is 0 Å². The van der Waals surface area contributed by atoms with Crippen LogP contribution in [0.2, 0.25) is 0 Å². The summed E-state index contributed by atoms with van der Waals surface area (Å²) in [7, 11) is -1.51. The Morgan fingerprint density at radius 3 is 1.84 bits per heavy atom. The second-order valence-corrected chi connectivity index (χ2v) is 11.4. The van der Waals surface area contributed by atoms with Crippen molar-refractivity contribution in [2.45, 2.75) is 6.92 Å². The molecule has 0 fully saturated rings. The van der Waals surface area contributed by atoms with Gasteiger partial charge in [0.2, 0.25) is 5.78 Å². The predicted molar refractivity (Wildman–Crippen MR) is 161 cm³/mol. The van der Waals surface area contributed by atoms with E-state index in [2.05, 4.69) is 66.5 Å². The van der Waals surface area contributed by atoms with Crippen LogP contribution in [0.1, 0.15) is 24.3 Å². The molecule has 220 valence electrons. The summed E-state index contributed by atoms with van der Waals surface area (Å²) in [5, 5.41) is 10.5. The van der Waals surface area contributed by atoms with Crippen molar-refractivity contribution >= 4 is 85.3 Å². The second kappa shape index (κ2) is 24.5. The zero-order chi connectivity index (χ0) is 31.7. The number of terminal acetylenes is 1. The smallest absolute Gasteiger partial charge is 1.00 e. The number of aldehydes is 1. The Kier molecular flexibility index (Phi) is 25.3. The molecule has 4 rings (SSSR count). The van der Waals surface area contributed by atoms with Crippen molar-refractivity contribution in [3.8, 4) is 12.3 Å². The predicted octanol–water partition coefficient (Wildman–Crippen LogP) is -0.967. The summed E-state index contributed by atoms with van der Waals surface area (Å²) in [5.74, 6) is 1.93. The topological polar surface area (TPSA) is 181 Å². The molecule has 0 spiro atoms. The zero-order valence-corrected chi connectivity index (χ0v) is 34.6. The molecule has 0 aliphatic heterocycles. The molecule has 0 saturated carbocycles. The van der Waals surface area contributed by atoms with E-state index in [9.17, 15) is 14.2 Å². The first-order valence-corrected chi connectivity index (χ1v) is 14.3. The van der Waals surface area contributed by atoms with E-state index in [1.165, 1.54) is 0 Å². The van der Waals surface area contributed by atoms with Crippen LogP contribution in [0.15, 0.2) is 69.9 Å². The zero-order valence-electron chi connectivity index (χ0n) is 25.3. The van der Waals surface area contributed by atoms with Crippen LogP contribution < -0.4 is 108 Å². The number of benzene rings is 2. The molecule has 0 radical (unpaired) electrons. The first-order valence-electron chi connectivity index (χ1n) is 11.2. The van der Waals surface area contributed by atoms with E-state index in [0.29, 0.717) is 5.56 Å². The fraction of sp³-hybridized carbons (Fsp3) is 0.111. The van der Waals surface area contributed by atoms with Gasteiger partial charge in [0.15, 0.2) is 0 Å². The summed E-state index contributed by atoms with van der Waals surface area (Å²) < 4.78 is 22.1. The number of rotatable bonds is 6. The largest absolute Gasteiger partial charge is 1.00 e. The van der Waals surface area contributed by atoms with Crippen LogP contribution in [0.5, 0.6) is 0 Å². The quantitative estimate of drug-likeness (QED) is 0.0271. The molecule has 0 amide bonds. The van der Waals surface area contributed by atoms with Crippen molar-refractivity contribution in [1.29, 1.82) is 0 Å². The monoisotopic (exact) mass is 798 g/mol. The summed E-state index contributed by atoms with van der Waals surface area (Å²) in [5.41, 5.74) is 11.1. The van der Waals surface area contributed by atoms with Gasteiger partial charge in [-0.2, -0.15) is 4.79 Å². The van der Waals surface area contributed by atoms with Gasteiger partial charge in [0.25, 0.3) is 6.47 Å². The van der Waals surface area contributed by atoms with Crippen molar-refractivity contribution in [3.05, 3.63) is 86.5 Å². The Morgan fingerprint density at radius 2 is 1.48 bits per heavy atom. The van der Waals surface area contributed by atoms with Crippen molar-refractivity contribution < 1.29 is 147 Å². The van der Waals surface area contributed by atoms with Crippen LogP contribution in [-0.4, -0.2) is 53.0 Å². The van der Waals surface area contributed by atoms with Crippen molar-refractivity contribution in [2.75, 3.05) is 14.2 Å². The average molecular weight is 800 g/mol. The summed E-state index contributed by atoms with van der Waals surface area (Å²) in [6, 6.07) is 15.1. The molecule has 0 atom stereocenters. The minimum absolute atomic E-state index is 0. The molecule has 2 aromatic heterocycles. The average Bonchev–Trinajstić information content (AvgIpc) is 3.00. The third-order valence-corrected chi connectivity index (χ3v) is 7.56. The van der Waals surface area contributed by atoms with Gasteiger partial charge >= 0.3 is 116 Å². The fourth-order valence-electron chi connectivity index (χ4n) is 2.96. The standard InChI is InChI=1S/C11H6BrN.C10H6BrNO.C5H9N2O4P.CH2O3.2K.H/c1-2-8-3-4-11-9(5-8)6-10(12)7-13-11;11-9-4-8-3-7(6-13)1-2-10(8)12-5-9;1-4(8)5(7-6)12(9,10-2)11-3;2-1-4-3;;;/h1,3-7H;1-6H;1-3H3;1,3H;;;/q;;;;2*+1;-1/p-1. The molecule has 0 saturated heterocycles. The maximum atomic E-state index is 11.4. The molecule has 17 heteroatoms. The Bertz CT molecular complexity index is 1720. The molecule has 0 aliphatic rings.